The van der Waals surface area contributed by atoms with Gasteiger partial charge in [-0.3, -0.25) is 4.79 Å². The minimum absolute atomic E-state index is 0.0399. The maximum Gasteiger partial charge on any atom is 0.262 e. The number of ketones is 1. The van der Waals surface area contributed by atoms with Gasteiger partial charge in [0.2, 0.25) is 6.79 Å². The summed E-state index contributed by atoms with van der Waals surface area (Å²) in [5.41, 5.74) is 2.93. The van der Waals surface area contributed by atoms with E-state index in [1.165, 1.54) is 0 Å². The molecule has 1 aliphatic heterocycles. The number of hydrogen-bond donors (Lipinski definition) is 0. The van der Waals surface area contributed by atoms with Gasteiger partial charge in [0.25, 0.3) is 11.5 Å². The molecule has 0 fully saturated rings. The molecule has 24 heavy (non-hydrogen) atoms. The van der Waals surface area contributed by atoms with Crippen molar-refractivity contribution in [2.45, 2.75) is 0 Å². The van der Waals surface area contributed by atoms with Crippen LogP contribution in [0.5, 0.6) is 17.2 Å². The molecule has 3 aromatic rings. The lowest BCUT2D eigenvalue weighted by Crippen LogP contribution is -2.37. The lowest BCUT2D eigenvalue weighted by molar-refractivity contribution is -0.671. The second-order valence-electron chi connectivity index (χ2n) is 5.94. The molecule has 0 saturated carbocycles. The molecule has 0 N–H and O–H groups in total. The molecule has 2 aliphatic rings. The zero-order chi connectivity index (χ0) is 16.4. The zero-order valence-electron chi connectivity index (χ0n) is 13.3. The summed E-state index contributed by atoms with van der Waals surface area (Å²) < 4.78 is 18.6. The van der Waals surface area contributed by atoms with Gasteiger partial charge in [0.05, 0.1) is 18.1 Å². The van der Waals surface area contributed by atoms with Crippen molar-refractivity contribution in [2.75, 3.05) is 13.9 Å². The summed E-state index contributed by atoms with van der Waals surface area (Å²) in [5.74, 6) is 1.93. The van der Waals surface area contributed by atoms with Crippen molar-refractivity contribution < 1.29 is 23.6 Å². The van der Waals surface area contributed by atoms with Crippen LogP contribution in [0.25, 0.3) is 21.9 Å². The third-order valence-electron chi connectivity index (χ3n) is 4.72. The summed E-state index contributed by atoms with van der Waals surface area (Å²) in [6, 6.07) is 9.55. The molecule has 1 aliphatic carbocycles. The van der Waals surface area contributed by atoms with Crippen LogP contribution in [0.1, 0.15) is 16.1 Å². The topological polar surface area (TPSA) is 48.6 Å². The van der Waals surface area contributed by atoms with Crippen LogP contribution in [0.4, 0.5) is 0 Å². The summed E-state index contributed by atoms with van der Waals surface area (Å²) in [7, 11) is 3.45. The van der Waals surface area contributed by atoms with Gasteiger partial charge in [0.1, 0.15) is 12.8 Å². The van der Waals surface area contributed by atoms with Crippen molar-refractivity contribution in [1.82, 2.24) is 0 Å². The fourth-order valence-corrected chi connectivity index (χ4v) is 3.68. The number of pyridine rings is 1. The van der Waals surface area contributed by atoms with Gasteiger partial charge >= 0.3 is 0 Å². The van der Waals surface area contributed by atoms with E-state index in [1.807, 2.05) is 48.1 Å². The van der Waals surface area contributed by atoms with Crippen LogP contribution in [0.3, 0.4) is 0 Å². The fourth-order valence-electron chi connectivity index (χ4n) is 3.68. The molecule has 5 heteroatoms. The quantitative estimate of drug-likeness (QED) is 0.506. The Labute approximate surface area is 138 Å². The van der Waals surface area contributed by atoms with Gasteiger partial charge in [-0.1, -0.05) is 12.1 Å². The van der Waals surface area contributed by atoms with E-state index in [0.29, 0.717) is 28.5 Å². The molecule has 2 aromatic carbocycles. The van der Waals surface area contributed by atoms with E-state index in [4.69, 9.17) is 14.2 Å². The highest BCUT2D eigenvalue weighted by Gasteiger charge is 2.38. The average Bonchev–Trinajstić information content (AvgIpc) is 3.06. The standard InChI is InChI=1S/C19H14NO4/c1-20-7-6-10-8-13-19(24-9-23-13)16-11-4-3-5-12(22-2)15(11)18(21)17(20)14(10)16/h3-8H,9H2,1-2H3/q+1. The van der Waals surface area contributed by atoms with Crippen LogP contribution in [0.2, 0.25) is 0 Å². The summed E-state index contributed by atoms with van der Waals surface area (Å²) in [5, 5.41) is 1.86. The number of aryl methyl sites for hydroxylation is 1. The number of benzene rings is 2. The molecule has 118 valence electrons. The Morgan fingerprint density at radius 3 is 2.88 bits per heavy atom. The highest BCUT2D eigenvalue weighted by atomic mass is 16.7. The summed E-state index contributed by atoms with van der Waals surface area (Å²) in [4.78, 5) is 13.2. The number of hydrogen-bond acceptors (Lipinski definition) is 4. The molecular formula is C19H14NO4+. The molecule has 0 spiro atoms. The van der Waals surface area contributed by atoms with Gasteiger partial charge in [-0.25, -0.2) is 0 Å². The maximum absolute atomic E-state index is 13.2. The zero-order valence-corrected chi connectivity index (χ0v) is 13.3. The van der Waals surface area contributed by atoms with E-state index < -0.39 is 0 Å². The van der Waals surface area contributed by atoms with Gasteiger partial charge in [0.15, 0.2) is 17.7 Å². The number of methoxy groups -OCH3 is 1. The Bertz CT molecular complexity index is 1060. The predicted molar refractivity (Wildman–Crippen MR) is 86.7 cm³/mol. The Morgan fingerprint density at radius 1 is 1.17 bits per heavy atom. The van der Waals surface area contributed by atoms with Crippen molar-refractivity contribution in [2.24, 2.45) is 7.05 Å². The Hall–Kier alpha value is -3.08. The van der Waals surface area contributed by atoms with E-state index in [-0.39, 0.29) is 12.6 Å². The van der Waals surface area contributed by atoms with Gasteiger partial charge in [0, 0.05) is 17.2 Å². The molecule has 0 bridgehead atoms. The minimum atomic E-state index is -0.0399. The molecule has 0 saturated heterocycles. The summed E-state index contributed by atoms with van der Waals surface area (Å²) in [6.07, 6.45) is 1.89. The Kier molecular flexibility index (Phi) is 2.49. The number of ether oxygens (including phenoxy) is 3. The third kappa shape index (κ3) is 1.49. The van der Waals surface area contributed by atoms with Crippen LogP contribution in [-0.2, 0) is 7.05 Å². The molecule has 0 radical (unpaired) electrons. The first-order valence-electron chi connectivity index (χ1n) is 7.67. The lowest BCUT2D eigenvalue weighted by Gasteiger charge is -2.20. The fraction of sp³-hybridized carbons (Fsp3) is 0.158. The predicted octanol–water partition coefficient (Wildman–Crippen LogP) is 2.61. The smallest absolute Gasteiger partial charge is 0.262 e. The van der Waals surface area contributed by atoms with Gasteiger partial charge < -0.3 is 14.2 Å². The van der Waals surface area contributed by atoms with Crippen molar-refractivity contribution >= 4 is 16.6 Å². The molecule has 2 heterocycles. The van der Waals surface area contributed by atoms with E-state index in [2.05, 4.69) is 0 Å². The van der Waals surface area contributed by atoms with E-state index in [9.17, 15) is 4.79 Å². The van der Waals surface area contributed by atoms with Crippen LogP contribution in [0.15, 0.2) is 36.5 Å². The van der Waals surface area contributed by atoms with Gasteiger partial charge in [-0.05, 0) is 17.5 Å². The molecular weight excluding hydrogens is 306 g/mol. The average molecular weight is 320 g/mol. The molecule has 0 unspecified atom stereocenters. The van der Waals surface area contributed by atoms with Crippen molar-refractivity contribution in [3.05, 3.63) is 47.8 Å². The van der Waals surface area contributed by atoms with E-state index in [0.717, 1.165) is 21.9 Å². The second-order valence-corrected chi connectivity index (χ2v) is 5.94. The Balaban J connectivity index is 2.05. The second kappa shape index (κ2) is 4.47. The number of rotatable bonds is 1. The number of aromatic nitrogens is 1. The summed E-state index contributed by atoms with van der Waals surface area (Å²) >= 11 is 0. The highest BCUT2D eigenvalue weighted by molar-refractivity contribution is 6.26. The first kappa shape index (κ1) is 13.4. The van der Waals surface area contributed by atoms with E-state index in [1.54, 1.807) is 7.11 Å². The highest BCUT2D eigenvalue weighted by Crippen LogP contribution is 2.51. The molecule has 5 nitrogen and oxygen atoms in total. The van der Waals surface area contributed by atoms with Crippen LogP contribution < -0.4 is 18.8 Å². The van der Waals surface area contributed by atoms with Gasteiger partial charge in [-0.15, -0.1) is 0 Å². The maximum atomic E-state index is 13.2. The molecule has 1 aromatic heterocycles. The third-order valence-corrected chi connectivity index (χ3v) is 4.72. The first-order valence-corrected chi connectivity index (χ1v) is 7.67. The van der Waals surface area contributed by atoms with Crippen LogP contribution >= 0.6 is 0 Å². The van der Waals surface area contributed by atoms with Crippen molar-refractivity contribution in [3.8, 4) is 28.4 Å². The summed E-state index contributed by atoms with van der Waals surface area (Å²) in [6.45, 7) is 0.188. The number of fused-ring (bicyclic) bond motifs is 4. The molecule has 0 amide bonds. The number of nitrogens with zero attached hydrogens (tertiary/aromatic N) is 1. The van der Waals surface area contributed by atoms with Crippen LogP contribution in [0, 0.1) is 0 Å². The van der Waals surface area contributed by atoms with Crippen molar-refractivity contribution in [3.63, 3.8) is 0 Å². The van der Waals surface area contributed by atoms with Gasteiger partial charge in [-0.2, -0.15) is 4.57 Å². The normalized spacial score (nSPS) is 14.0. The largest absolute Gasteiger partial charge is 0.496 e. The van der Waals surface area contributed by atoms with Crippen molar-refractivity contribution in [1.29, 1.82) is 0 Å². The lowest BCUT2D eigenvalue weighted by atomic mass is 9.84. The Morgan fingerprint density at radius 2 is 2.04 bits per heavy atom. The van der Waals surface area contributed by atoms with Crippen LogP contribution in [-0.4, -0.2) is 19.7 Å². The monoisotopic (exact) mass is 320 g/mol. The molecule has 0 atom stereocenters. The van der Waals surface area contributed by atoms with E-state index >= 15 is 0 Å². The minimum Gasteiger partial charge on any atom is -0.496 e. The first-order chi connectivity index (χ1) is 11.7. The molecule has 5 rings (SSSR count). The number of carbonyl (C=O) groups is 1. The number of carbonyl (C=O) groups excluding carboxylic acids is 1. The SMILES string of the molecule is COc1cccc2c1C(=O)c1c3c-2c2c(cc3cc[n+]1C)OCO2.